The highest BCUT2D eigenvalue weighted by molar-refractivity contribution is 8.00. The molecule has 5 rings (SSSR count). The Morgan fingerprint density at radius 3 is 2.65 bits per heavy atom. The minimum Gasteiger partial charge on any atom is -0.465 e. The molecule has 1 aliphatic heterocycles. The zero-order valence-corrected chi connectivity index (χ0v) is 23.2. The van der Waals surface area contributed by atoms with E-state index in [4.69, 9.17) is 27.6 Å². The smallest absolute Gasteiger partial charge is 0.407 e. The largest absolute Gasteiger partial charge is 0.465 e. The second-order valence-corrected chi connectivity index (χ2v) is 11.8. The highest BCUT2D eigenvalue weighted by atomic mass is 35.5. The third-order valence-electron chi connectivity index (χ3n) is 6.39. The van der Waals surface area contributed by atoms with Gasteiger partial charge in [-0.1, -0.05) is 0 Å². The molecule has 2 atom stereocenters. The van der Waals surface area contributed by atoms with Gasteiger partial charge in [0.2, 0.25) is 0 Å². The van der Waals surface area contributed by atoms with Crippen molar-refractivity contribution in [1.29, 1.82) is 0 Å². The van der Waals surface area contributed by atoms with Crippen LogP contribution in [0.15, 0.2) is 31.5 Å². The lowest BCUT2D eigenvalue weighted by Crippen LogP contribution is -2.40. The van der Waals surface area contributed by atoms with E-state index in [9.17, 15) is 19.5 Å². The van der Waals surface area contributed by atoms with E-state index >= 15 is 0 Å². The van der Waals surface area contributed by atoms with Gasteiger partial charge >= 0.3 is 11.8 Å². The number of carbonyl (C=O) groups is 1. The molecule has 1 aliphatic rings. The van der Waals surface area contributed by atoms with Crippen molar-refractivity contribution in [2.24, 2.45) is 14.1 Å². The van der Waals surface area contributed by atoms with Gasteiger partial charge in [-0.3, -0.25) is 13.9 Å². The Labute approximate surface area is 229 Å². The number of aromatic nitrogens is 4. The minimum atomic E-state index is -1.06. The van der Waals surface area contributed by atoms with E-state index in [-0.39, 0.29) is 29.4 Å². The molecular weight excluding hydrogens is 561 g/mol. The molecule has 1 N–H and O–H groups in total. The highest BCUT2D eigenvalue weighted by Gasteiger charge is 2.39. The number of thioether (sulfide) groups is 1. The zero-order chi connectivity index (χ0) is 26.6. The number of fused-ring (bicyclic) bond motifs is 3. The molecule has 14 heteroatoms. The summed E-state index contributed by atoms with van der Waals surface area (Å²) in [5.41, 5.74) is 1.74. The van der Waals surface area contributed by atoms with Gasteiger partial charge in [0.1, 0.15) is 16.0 Å². The van der Waals surface area contributed by atoms with Crippen LogP contribution in [0.3, 0.4) is 0 Å². The van der Waals surface area contributed by atoms with E-state index in [0.717, 1.165) is 10.3 Å². The Morgan fingerprint density at radius 1 is 1.30 bits per heavy atom. The van der Waals surface area contributed by atoms with Crippen molar-refractivity contribution in [3.8, 4) is 10.7 Å². The number of thiazole rings is 1. The SMILES string of the molecule is Cc1csc(-c2c3c(=O)n(C)c(=O)n(C)c3c3n2CC(CN(CCCl)C(=O)O)SC3c2ccc(Cl)o2)n1. The van der Waals surface area contributed by atoms with E-state index in [0.29, 0.717) is 39.6 Å². The van der Waals surface area contributed by atoms with E-state index in [1.807, 2.05) is 16.9 Å². The van der Waals surface area contributed by atoms with Crippen molar-refractivity contribution in [2.75, 3.05) is 19.0 Å². The number of nitrogens with zero attached hydrogens (tertiary/aromatic N) is 5. The predicted molar refractivity (Wildman–Crippen MR) is 146 cm³/mol. The molecule has 0 saturated heterocycles. The molecule has 0 spiro atoms. The Morgan fingerprint density at radius 2 is 2.05 bits per heavy atom. The summed E-state index contributed by atoms with van der Waals surface area (Å²) < 4.78 is 10.4. The second kappa shape index (κ2) is 9.90. The van der Waals surface area contributed by atoms with Crippen molar-refractivity contribution in [3.63, 3.8) is 0 Å². The van der Waals surface area contributed by atoms with Crippen LogP contribution >= 0.6 is 46.3 Å². The Kier molecular flexibility index (Phi) is 6.94. The van der Waals surface area contributed by atoms with Gasteiger partial charge in [-0.25, -0.2) is 14.6 Å². The van der Waals surface area contributed by atoms with E-state index < -0.39 is 22.6 Å². The zero-order valence-electron chi connectivity index (χ0n) is 20.1. The summed E-state index contributed by atoms with van der Waals surface area (Å²) >= 11 is 14.9. The number of alkyl halides is 1. The number of rotatable bonds is 6. The number of carboxylic acid groups (broad SMARTS) is 1. The molecule has 5 heterocycles. The first-order valence-corrected chi connectivity index (χ1v) is 14.0. The summed E-state index contributed by atoms with van der Waals surface area (Å²) in [7, 11) is 3.09. The van der Waals surface area contributed by atoms with Crippen LogP contribution in [0.2, 0.25) is 5.22 Å². The summed E-state index contributed by atoms with van der Waals surface area (Å²) in [6, 6.07) is 3.39. The maximum absolute atomic E-state index is 13.6. The fourth-order valence-corrected chi connectivity index (χ4v) is 7.50. The van der Waals surface area contributed by atoms with Gasteiger partial charge in [0.05, 0.1) is 22.3 Å². The number of aryl methyl sites for hydroxylation is 2. The van der Waals surface area contributed by atoms with Crippen molar-refractivity contribution in [1.82, 2.24) is 23.6 Å². The lowest BCUT2D eigenvalue weighted by atomic mass is 10.2. The first-order valence-electron chi connectivity index (χ1n) is 11.3. The fraction of sp³-hybridized carbons (Fsp3) is 0.391. The Balaban J connectivity index is 1.82. The Bertz CT molecular complexity index is 1630. The molecule has 0 aromatic carbocycles. The normalized spacial score (nSPS) is 17.3. The first-order chi connectivity index (χ1) is 17.6. The van der Waals surface area contributed by atoms with Crippen LogP contribution in [0.4, 0.5) is 4.79 Å². The standard InChI is InChI=1S/C23H23Cl2N5O5S2/c1-11-10-36-20(26-11)17-15-16(27(2)22(32)28(3)21(15)31)18-19(13-4-5-14(25)35-13)37-12(9-30(17)18)8-29(7-6-24)23(33)34/h4-5,10,12,19H,6-9H2,1-3H3,(H,33,34). The van der Waals surface area contributed by atoms with Crippen molar-refractivity contribution < 1.29 is 14.3 Å². The molecule has 0 saturated carbocycles. The average molecular weight is 585 g/mol. The number of hydrogen-bond acceptors (Lipinski definition) is 7. The number of halogens is 2. The summed E-state index contributed by atoms with van der Waals surface area (Å²) in [4.78, 5) is 44.4. The van der Waals surface area contributed by atoms with Crippen LogP contribution in [-0.2, 0) is 20.6 Å². The highest BCUT2D eigenvalue weighted by Crippen LogP contribution is 2.49. The summed E-state index contributed by atoms with van der Waals surface area (Å²) in [5.74, 6) is 0.705. The van der Waals surface area contributed by atoms with Crippen LogP contribution in [0.1, 0.15) is 22.4 Å². The third kappa shape index (κ3) is 4.39. The van der Waals surface area contributed by atoms with Crippen LogP contribution in [0.5, 0.6) is 0 Å². The molecule has 37 heavy (non-hydrogen) atoms. The molecule has 4 aromatic rings. The topological polar surface area (TPSA) is 116 Å². The monoisotopic (exact) mass is 583 g/mol. The van der Waals surface area contributed by atoms with E-state index in [1.54, 1.807) is 19.2 Å². The summed E-state index contributed by atoms with van der Waals surface area (Å²) in [6.45, 7) is 2.65. The van der Waals surface area contributed by atoms with Gasteiger partial charge in [-0.2, -0.15) is 0 Å². The lowest BCUT2D eigenvalue weighted by Gasteiger charge is -2.33. The average Bonchev–Trinajstić information content (AvgIpc) is 3.57. The molecule has 196 valence electrons. The molecule has 4 aromatic heterocycles. The van der Waals surface area contributed by atoms with Crippen molar-refractivity contribution in [3.05, 3.63) is 60.7 Å². The van der Waals surface area contributed by atoms with Gasteiger partial charge in [0.15, 0.2) is 5.22 Å². The number of furan rings is 1. The minimum absolute atomic E-state index is 0.168. The van der Waals surface area contributed by atoms with Gasteiger partial charge < -0.3 is 19.0 Å². The third-order valence-corrected chi connectivity index (χ3v) is 9.14. The lowest BCUT2D eigenvalue weighted by molar-refractivity contribution is 0.147. The summed E-state index contributed by atoms with van der Waals surface area (Å²) in [5, 5.41) is 12.2. The van der Waals surface area contributed by atoms with Gasteiger partial charge in [0.25, 0.3) is 5.56 Å². The van der Waals surface area contributed by atoms with Crippen LogP contribution in [0, 0.1) is 6.92 Å². The van der Waals surface area contributed by atoms with Gasteiger partial charge in [0, 0.05) is 55.9 Å². The molecule has 10 nitrogen and oxygen atoms in total. The predicted octanol–water partition coefficient (Wildman–Crippen LogP) is 4.14. The number of hydrogen-bond donors (Lipinski definition) is 1. The molecular formula is C23H23Cl2N5O5S2. The van der Waals surface area contributed by atoms with Crippen molar-refractivity contribution >= 4 is 63.3 Å². The maximum atomic E-state index is 13.6. The van der Waals surface area contributed by atoms with E-state index in [2.05, 4.69) is 4.98 Å². The fourth-order valence-electron chi connectivity index (χ4n) is 4.77. The molecule has 1 amide bonds. The molecule has 0 radical (unpaired) electrons. The summed E-state index contributed by atoms with van der Waals surface area (Å²) in [6.07, 6.45) is -1.06. The second-order valence-electron chi connectivity index (χ2n) is 8.77. The number of amides is 1. The quantitative estimate of drug-likeness (QED) is 0.339. The molecule has 0 fully saturated rings. The van der Waals surface area contributed by atoms with Gasteiger partial charge in [-0.05, 0) is 30.7 Å². The van der Waals surface area contributed by atoms with E-state index in [1.165, 1.54) is 39.6 Å². The van der Waals surface area contributed by atoms with Crippen molar-refractivity contribution in [2.45, 2.75) is 24.0 Å². The first kappa shape index (κ1) is 26.0. The Hall–Kier alpha value is -2.67. The molecule has 2 unspecified atom stereocenters. The van der Waals surface area contributed by atoms with Crippen LogP contribution < -0.4 is 11.2 Å². The van der Waals surface area contributed by atoms with Gasteiger partial charge in [-0.15, -0.1) is 34.7 Å². The van der Waals surface area contributed by atoms with Crippen LogP contribution in [0.25, 0.3) is 21.6 Å². The molecule has 0 aliphatic carbocycles. The van der Waals surface area contributed by atoms with Crippen LogP contribution in [-0.4, -0.2) is 59.0 Å². The maximum Gasteiger partial charge on any atom is 0.407 e. The molecule has 0 bridgehead atoms.